The van der Waals surface area contributed by atoms with Crippen molar-refractivity contribution in [1.82, 2.24) is 14.9 Å². The SMILES string of the molecule is CCOC(=O)Cn1c(CCNC(=O)Cc2ccccc2C)nc2ccccc21. The molecule has 6 heteroatoms. The van der Waals surface area contributed by atoms with Gasteiger partial charge in [0.2, 0.25) is 5.91 Å². The fourth-order valence-corrected chi connectivity index (χ4v) is 3.19. The highest BCUT2D eigenvalue weighted by Gasteiger charge is 2.14. The quantitative estimate of drug-likeness (QED) is 0.611. The Hall–Kier alpha value is -3.15. The summed E-state index contributed by atoms with van der Waals surface area (Å²) in [5.74, 6) is 0.434. The molecule has 0 spiro atoms. The lowest BCUT2D eigenvalue weighted by Crippen LogP contribution is -2.28. The molecule has 1 amide bonds. The molecule has 1 aromatic heterocycles. The molecule has 0 radical (unpaired) electrons. The second-order valence-corrected chi connectivity index (χ2v) is 6.61. The van der Waals surface area contributed by atoms with Crippen LogP contribution in [0.4, 0.5) is 0 Å². The normalized spacial score (nSPS) is 10.8. The number of imidazole rings is 1. The van der Waals surface area contributed by atoms with Gasteiger partial charge in [-0.15, -0.1) is 0 Å². The van der Waals surface area contributed by atoms with Crippen LogP contribution in [0.5, 0.6) is 0 Å². The number of hydrogen-bond acceptors (Lipinski definition) is 4. The predicted molar refractivity (Wildman–Crippen MR) is 108 cm³/mol. The van der Waals surface area contributed by atoms with Gasteiger partial charge in [0.25, 0.3) is 0 Å². The Morgan fingerprint density at radius 3 is 2.64 bits per heavy atom. The standard InChI is InChI=1S/C22H25N3O3/c1-3-28-22(27)15-25-19-11-7-6-10-18(19)24-20(25)12-13-23-21(26)14-17-9-5-4-8-16(17)2/h4-11H,3,12-15H2,1-2H3,(H,23,26). The van der Waals surface area contributed by atoms with E-state index >= 15 is 0 Å². The first kappa shape index (κ1) is 19.6. The summed E-state index contributed by atoms with van der Waals surface area (Å²) in [5.41, 5.74) is 3.84. The van der Waals surface area contributed by atoms with Crippen molar-refractivity contribution in [3.8, 4) is 0 Å². The summed E-state index contributed by atoms with van der Waals surface area (Å²) in [6, 6.07) is 15.5. The van der Waals surface area contributed by atoms with E-state index in [2.05, 4.69) is 10.3 Å². The third-order valence-corrected chi connectivity index (χ3v) is 4.61. The number of para-hydroxylation sites is 2. The molecule has 3 aromatic rings. The van der Waals surface area contributed by atoms with Crippen molar-refractivity contribution in [3.63, 3.8) is 0 Å². The molecule has 0 saturated heterocycles. The van der Waals surface area contributed by atoms with Crippen molar-refractivity contribution in [2.45, 2.75) is 33.2 Å². The number of ether oxygens (including phenoxy) is 1. The minimum absolute atomic E-state index is 0.0256. The zero-order valence-corrected chi connectivity index (χ0v) is 16.3. The van der Waals surface area contributed by atoms with E-state index in [0.29, 0.717) is 26.0 Å². The molecule has 146 valence electrons. The van der Waals surface area contributed by atoms with E-state index in [1.165, 1.54) is 0 Å². The topological polar surface area (TPSA) is 73.2 Å². The van der Waals surface area contributed by atoms with Crippen LogP contribution in [-0.2, 0) is 33.7 Å². The average molecular weight is 379 g/mol. The Kier molecular flexibility index (Phi) is 6.42. The van der Waals surface area contributed by atoms with Crippen molar-refractivity contribution in [2.75, 3.05) is 13.2 Å². The number of rotatable bonds is 8. The molecule has 3 rings (SSSR count). The first-order chi connectivity index (χ1) is 13.6. The van der Waals surface area contributed by atoms with Crippen LogP contribution < -0.4 is 5.32 Å². The maximum atomic E-state index is 12.3. The number of carbonyl (C=O) groups excluding carboxylic acids is 2. The minimum Gasteiger partial charge on any atom is -0.465 e. The van der Waals surface area contributed by atoms with Gasteiger partial charge in [-0.05, 0) is 37.1 Å². The number of aromatic nitrogens is 2. The number of amides is 1. The van der Waals surface area contributed by atoms with Crippen molar-refractivity contribution in [1.29, 1.82) is 0 Å². The molecule has 0 atom stereocenters. The first-order valence-corrected chi connectivity index (χ1v) is 9.49. The van der Waals surface area contributed by atoms with Crippen molar-refractivity contribution in [3.05, 3.63) is 65.5 Å². The highest BCUT2D eigenvalue weighted by atomic mass is 16.5. The summed E-state index contributed by atoms with van der Waals surface area (Å²) in [6.45, 7) is 4.70. The third kappa shape index (κ3) is 4.76. The smallest absolute Gasteiger partial charge is 0.326 e. The molecule has 2 aromatic carbocycles. The molecule has 0 aliphatic heterocycles. The molecule has 0 saturated carbocycles. The number of carbonyl (C=O) groups is 2. The van der Waals surface area contributed by atoms with Gasteiger partial charge in [-0.1, -0.05) is 36.4 Å². The van der Waals surface area contributed by atoms with E-state index in [0.717, 1.165) is 28.0 Å². The van der Waals surface area contributed by atoms with Crippen LogP contribution in [0.3, 0.4) is 0 Å². The molecular weight excluding hydrogens is 354 g/mol. The molecule has 0 bridgehead atoms. The van der Waals surface area contributed by atoms with E-state index < -0.39 is 0 Å². The monoisotopic (exact) mass is 379 g/mol. The second kappa shape index (κ2) is 9.17. The fourth-order valence-electron chi connectivity index (χ4n) is 3.19. The Morgan fingerprint density at radius 1 is 1.11 bits per heavy atom. The van der Waals surface area contributed by atoms with Crippen LogP contribution in [0.25, 0.3) is 11.0 Å². The molecule has 6 nitrogen and oxygen atoms in total. The predicted octanol–water partition coefficient (Wildman–Crippen LogP) is 2.81. The lowest BCUT2D eigenvalue weighted by molar-refractivity contribution is -0.143. The van der Waals surface area contributed by atoms with Gasteiger partial charge in [0, 0.05) is 13.0 Å². The summed E-state index contributed by atoms with van der Waals surface area (Å²) in [6.07, 6.45) is 0.888. The Balaban J connectivity index is 1.65. The fraction of sp³-hybridized carbons (Fsp3) is 0.318. The summed E-state index contributed by atoms with van der Waals surface area (Å²) in [4.78, 5) is 28.9. The first-order valence-electron chi connectivity index (χ1n) is 9.49. The molecule has 0 unspecified atom stereocenters. The van der Waals surface area contributed by atoms with Gasteiger partial charge >= 0.3 is 5.97 Å². The van der Waals surface area contributed by atoms with Crippen LogP contribution in [0.1, 0.15) is 23.9 Å². The van der Waals surface area contributed by atoms with Crippen LogP contribution in [0, 0.1) is 6.92 Å². The molecule has 0 aliphatic rings. The molecule has 28 heavy (non-hydrogen) atoms. The lowest BCUT2D eigenvalue weighted by atomic mass is 10.1. The molecule has 0 aliphatic carbocycles. The van der Waals surface area contributed by atoms with E-state index in [4.69, 9.17) is 4.74 Å². The summed E-state index contributed by atoms with van der Waals surface area (Å²) < 4.78 is 6.94. The van der Waals surface area contributed by atoms with Gasteiger partial charge in [0.05, 0.1) is 24.1 Å². The number of nitrogens with one attached hydrogen (secondary N) is 1. The van der Waals surface area contributed by atoms with E-state index in [9.17, 15) is 9.59 Å². The van der Waals surface area contributed by atoms with Gasteiger partial charge in [-0.25, -0.2) is 4.98 Å². The second-order valence-electron chi connectivity index (χ2n) is 6.61. The van der Waals surface area contributed by atoms with Crippen LogP contribution >= 0.6 is 0 Å². The van der Waals surface area contributed by atoms with Crippen LogP contribution in [-0.4, -0.2) is 34.6 Å². The van der Waals surface area contributed by atoms with Crippen molar-refractivity contribution < 1.29 is 14.3 Å². The lowest BCUT2D eigenvalue weighted by Gasteiger charge is -2.10. The number of fused-ring (bicyclic) bond motifs is 1. The highest BCUT2D eigenvalue weighted by molar-refractivity contribution is 5.80. The molecule has 1 heterocycles. The van der Waals surface area contributed by atoms with Gasteiger partial charge in [0.1, 0.15) is 12.4 Å². The summed E-state index contributed by atoms with van der Waals surface area (Å²) >= 11 is 0. The number of benzene rings is 2. The van der Waals surface area contributed by atoms with Crippen LogP contribution in [0.15, 0.2) is 48.5 Å². The van der Waals surface area contributed by atoms with Crippen LogP contribution in [0.2, 0.25) is 0 Å². The third-order valence-electron chi connectivity index (χ3n) is 4.61. The van der Waals surface area contributed by atoms with E-state index in [1.807, 2.05) is 60.0 Å². The maximum Gasteiger partial charge on any atom is 0.326 e. The van der Waals surface area contributed by atoms with E-state index in [-0.39, 0.29) is 18.4 Å². The van der Waals surface area contributed by atoms with Crippen molar-refractivity contribution >= 4 is 22.9 Å². The average Bonchev–Trinajstić information content (AvgIpc) is 3.01. The Bertz CT molecular complexity index is 978. The number of aryl methyl sites for hydroxylation is 1. The molecule has 0 fully saturated rings. The van der Waals surface area contributed by atoms with Crippen molar-refractivity contribution in [2.24, 2.45) is 0 Å². The van der Waals surface area contributed by atoms with E-state index in [1.54, 1.807) is 6.92 Å². The van der Waals surface area contributed by atoms with Gasteiger partial charge in [0.15, 0.2) is 0 Å². The summed E-state index contributed by atoms with van der Waals surface area (Å²) in [7, 11) is 0. The maximum absolute atomic E-state index is 12.3. The molecular formula is C22H25N3O3. The zero-order chi connectivity index (χ0) is 19.9. The Morgan fingerprint density at radius 2 is 1.86 bits per heavy atom. The highest BCUT2D eigenvalue weighted by Crippen LogP contribution is 2.16. The van der Waals surface area contributed by atoms with Gasteiger partial charge < -0.3 is 14.6 Å². The summed E-state index contributed by atoms with van der Waals surface area (Å²) in [5, 5.41) is 2.95. The molecule has 1 N–H and O–H groups in total. The Labute approximate surface area is 164 Å². The number of hydrogen-bond donors (Lipinski definition) is 1. The zero-order valence-electron chi connectivity index (χ0n) is 16.3. The van der Waals surface area contributed by atoms with Gasteiger partial charge in [-0.2, -0.15) is 0 Å². The number of nitrogens with zero attached hydrogens (tertiary/aromatic N) is 2. The minimum atomic E-state index is -0.296. The number of esters is 1. The van der Waals surface area contributed by atoms with Gasteiger partial charge in [-0.3, -0.25) is 9.59 Å². The largest absolute Gasteiger partial charge is 0.465 e.